The number of aryl methyl sites for hydroxylation is 1. The molecule has 46 heavy (non-hydrogen) atoms. The molecule has 0 amide bonds. The summed E-state index contributed by atoms with van der Waals surface area (Å²) >= 11 is 12.3. The summed E-state index contributed by atoms with van der Waals surface area (Å²) in [5, 5.41) is 10.7. The maximum Gasteiger partial charge on any atom is 0.335 e. The number of benzene rings is 3. The van der Waals surface area contributed by atoms with Crippen LogP contribution in [-0.4, -0.2) is 55.3 Å². The smallest absolute Gasteiger partial charge is 0.335 e. The fourth-order valence-corrected chi connectivity index (χ4v) is 6.82. The van der Waals surface area contributed by atoms with E-state index in [0.29, 0.717) is 41.4 Å². The van der Waals surface area contributed by atoms with E-state index >= 15 is 0 Å². The van der Waals surface area contributed by atoms with Gasteiger partial charge in [-0.2, -0.15) is 0 Å². The molecular formula is C35H37Cl2N5O4. The third-order valence-corrected chi connectivity index (χ3v) is 9.31. The van der Waals surface area contributed by atoms with Crippen LogP contribution in [0, 0.1) is 5.92 Å². The zero-order valence-corrected chi connectivity index (χ0v) is 27.4. The van der Waals surface area contributed by atoms with Crippen LogP contribution in [-0.2, 0) is 31.0 Å². The number of nitrogens with zero attached hydrogens (tertiary/aromatic N) is 5. The van der Waals surface area contributed by atoms with Gasteiger partial charge in [-0.25, -0.2) is 14.8 Å². The molecule has 1 saturated heterocycles. The van der Waals surface area contributed by atoms with Crippen LogP contribution < -0.4 is 4.74 Å². The van der Waals surface area contributed by atoms with Crippen LogP contribution in [0.15, 0.2) is 73.2 Å². The summed E-state index contributed by atoms with van der Waals surface area (Å²) < 4.78 is 16.3. The van der Waals surface area contributed by atoms with Crippen molar-refractivity contribution >= 4 is 40.2 Å². The summed E-state index contributed by atoms with van der Waals surface area (Å²) in [5.74, 6) is 0.920. The molecule has 6 rings (SSSR count). The number of halogens is 2. The van der Waals surface area contributed by atoms with Gasteiger partial charge in [0.1, 0.15) is 18.2 Å². The van der Waals surface area contributed by atoms with E-state index in [4.69, 9.17) is 37.7 Å². The van der Waals surface area contributed by atoms with Gasteiger partial charge in [-0.05, 0) is 92.4 Å². The van der Waals surface area contributed by atoms with E-state index in [0.717, 1.165) is 66.2 Å². The van der Waals surface area contributed by atoms with E-state index in [2.05, 4.69) is 38.1 Å². The molecule has 3 heterocycles. The number of likely N-dealkylation sites (tertiary alicyclic amines) is 1. The molecule has 3 aromatic carbocycles. The molecule has 11 heteroatoms. The van der Waals surface area contributed by atoms with Crippen LogP contribution in [0.3, 0.4) is 0 Å². The van der Waals surface area contributed by atoms with Gasteiger partial charge in [0.2, 0.25) is 0 Å². The van der Waals surface area contributed by atoms with Crippen LogP contribution in [0.2, 0.25) is 10.0 Å². The van der Waals surface area contributed by atoms with E-state index in [-0.39, 0.29) is 11.7 Å². The van der Waals surface area contributed by atoms with Gasteiger partial charge in [0.15, 0.2) is 0 Å². The number of ether oxygens (including phenoxy) is 2. The summed E-state index contributed by atoms with van der Waals surface area (Å²) in [4.78, 5) is 23.5. The fraction of sp³-hybridized carbons (Fsp3) is 0.343. The predicted octanol–water partition coefficient (Wildman–Crippen LogP) is 7.48. The minimum absolute atomic E-state index is 0.0328. The van der Waals surface area contributed by atoms with Crippen LogP contribution in [0.25, 0.3) is 11.0 Å². The van der Waals surface area contributed by atoms with Crippen molar-refractivity contribution in [2.75, 3.05) is 20.2 Å². The monoisotopic (exact) mass is 661 g/mol. The quantitative estimate of drug-likeness (QED) is 0.148. The first kappa shape index (κ1) is 32.1. The number of hydrogen-bond donors (Lipinski definition) is 1. The Hall–Kier alpha value is -3.89. The summed E-state index contributed by atoms with van der Waals surface area (Å²) in [6.45, 7) is 6.31. The number of carboxylic acids is 1. The first-order valence-electron chi connectivity index (χ1n) is 15.5. The molecule has 5 aromatic rings. The first-order chi connectivity index (χ1) is 22.3. The van der Waals surface area contributed by atoms with Crippen LogP contribution >= 0.6 is 23.2 Å². The van der Waals surface area contributed by atoms with Crippen molar-refractivity contribution in [3.8, 4) is 5.75 Å². The summed E-state index contributed by atoms with van der Waals surface area (Å²) in [6.07, 6.45) is 5.61. The molecule has 1 atom stereocenters. The molecule has 1 aliphatic rings. The van der Waals surface area contributed by atoms with Crippen molar-refractivity contribution in [3.63, 3.8) is 0 Å². The molecule has 1 aliphatic heterocycles. The third kappa shape index (κ3) is 7.08. The van der Waals surface area contributed by atoms with Crippen LogP contribution in [0.1, 0.15) is 58.9 Å². The fourth-order valence-electron chi connectivity index (χ4n) is 6.36. The standard InChI is InChI=1S/C35H37Cl2N5O4/c1-3-41-22-38-18-28(41)19-42-31-16-26(35(43)44)7-9-30(31)39-33(42)20-40-13-11-24(12-14-40)34(45-2)25-6-4-5-23(15-25)21-46-32-10-8-27(36)17-29(32)37/h4-10,15-18,22,24,34H,3,11-14,19-21H2,1-2H3,(H,43,44). The highest BCUT2D eigenvalue weighted by Gasteiger charge is 2.29. The van der Waals surface area contributed by atoms with Crippen LogP contribution in [0.4, 0.5) is 0 Å². The molecule has 0 spiro atoms. The second-order valence-corrected chi connectivity index (χ2v) is 12.5. The first-order valence-corrected chi connectivity index (χ1v) is 16.2. The molecule has 0 radical (unpaired) electrons. The highest BCUT2D eigenvalue weighted by Crippen LogP contribution is 2.35. The van der Waals surface area contributed by atoms with Gasteiger partial charge < -0.3 is 23.7 Å². The highest BCUT2D eigenvalue weighted by molar-refractivity contribution is 6.35. The number of imidazole rings is 2. The Labute approximate surface area is 278 Å². The molecule has 9 nitrogen and oxygen atoms in total. The van der Waals surface area contributed by atoms with E-state index in [9.17, 15) is 9.90 Å². The second-order valence-electron chi connectivity index (χ2n) is 11.7. The number of carbonyl (C=O) groups is 1. The Morgan fingerprint density at radius 1 is 1.07 bits per heavy atom. The Balaban J connectivity index is 1.14. The molecule has 2 aromatic heterocycles. The number of aromatic nitrogens is 4. The Bertz CT molecular complexity index is 1830. The SMILES string of the molecule is CCn1cncc1Cn1c(CN2CCC(C(OC)c3cccc(COc4ccc(Cl)cc4Cl)c3)CC2)nc2ccc(C(=O)O)cc21. The van der Waals surface area contributed by atoms with Gasteiger partial charge in [-0.1, -0.05) is 41.4 Å². The maximum atomic E-state index is 11.8. The molecule has 1 N–H and O–H groups in total. The van der Waals surface area contributed by atoms with E-state index in [1.54, 1.807) is 43.5 Å². The number of aromatic carboxylic acids is 1. The molecule has 1 fully saturated rings. The number of methoxy groups -OCH3 is 1. The van der Waals surface area contributed by atoms with Crippen molar-refractivity contribution < 1.29 is 19.4 Å². The van der Waals surface area contributed by atoms with Gasteiger partial charge in [-0.15, -0.1) is 0 Å². The lowest BCUT2D eigenvalue weighted by Gasteiger charge is -2.35. The van der Waals surface area contributed by atoms with Crippen molar-refractivity contribution in [1.29, 1.82) is 0 Å². The Kier molecular flexibility index (Phi) is 9.94. The summed E-state index contributed by atoms with van der Waals surface area (Å²) in [5.41, 5.74) is 5.08. The largest absolute Gasteiger partial charge is 0.487 e. The third-order valence-electron chi connectivity index (χ3n) is 8.78. The number of hydrogen-bond acceptors (Lipinski definition) is 6. The lowest BCUT2D eigenvalue weighted by atomic mass is 9.87. The minimum Gasteiger partial charge on any atom is -0.487 e. The molecular weight excluding hydrogens is 625 g/mol. The number of fused-ring (bicyclic) bond motifs is 1. The molecule has 1 unspecified atom stereocenters. The zero-order valence-electron chi connectivity index (χ0n) is 25.9. The Morgan fingerprint density at radius 3 is 2.63 bits per heavy atom. The minimum atomic E-state index is -0.950. The second kappa shape index (κ2) is 14.3. The van der Waals surface area contributed by atoms with Crippen LogP contribution in [0.5, 0.6) is 5.75 Å². The van der Waals surface area contributed by atoms with Gasteiger partial charge >= 0.3 is 5.97 Å². The van der Waals surface area contributed by atoms with Gasteiger partial charge in [-0.3, -0.25) is 4.90 Å². The van der Waals surface area contributed by atoms with Crippen molar-refractivity contribution in [1.82, 2.24) is 24.0 Å². The predicted molar refractivity (Wildman–Crippen MR) is 179 cm³/mol. The molecule has 0 aliphatic carbocycles. The molecule has 0 bridgehead atoms. The number of piperidine rings is 1. The van der Waals surface area contributed by atoms with Crippen molar-refractivity contribution in [2.24, 2.45) is 5.92 Å². The Morgan fingerprint density at radius 2 is 1.89 bits per heavy atom. The summed E-state index contributed by atoms with van der Waals surface area (Å²) in [7, 11) is 1.78. The van der Waals surface area contributed by atoms with E-state index in [1.165, 1.54) is 0 Å². The molecule has 0 saturated carbocycles. The average Bonchev–Trinajstić information content (AvgIpc) is 3.65. The van der Waals surface area contributed by atoms with E-state index in [1.807, 2.05) is 24.7 Å². The number of rotatable bonds is 12. The maximum absolute atomic E-state index is 11.8. The average molecular weight is 663 g/mol. The highest BCUT2D eigenvalue weighted by atomic mass is 35.5. The lowest BCUT2D eigenvalue weighted by Crippen LogP contribution is -2.36. The van der Waals surface area contributed by atoms with Gasteiger partial charge in [0, 0.05) is 24.9 Å². The zero-order chi connectivity index (χ0) is 32.2. The van der Waals surface area contributed by atoms with Gasteiger partial charge in [0.05, 0.1) is 52.8 Å². The van der Waals surface area contributed by atoms with E-state index < -0.39 is 5.97 Å². The van der Waals surface area contributed by atoms with Crippen molar-refractivity contribution in [3.05, 3.63) is 111 Å². The topological polar surface area (TPSA) is 94.6 Å². The van der Waals surface area contributed by atoms with Gasteiger partial charge in [0.25, 0.3) is 0 Å². The summed E-state index contributed by atoms with van der Waals surface area (Å²) in [6, 6.07) is 18.7. The molecule has 240 valence electrons. The van der Waals surface area contributed by atoms with Crippen molar-refractivity contribution in [2.45, 2.75) is 52.1 Å². The normalized spacial score (nSPS) is 15.0. The lowest BCUT2D eigenvalue weighted by molar-refractivity contribution is 0.0183. The number of carboxylic acid groups (broad SMARTS) is 1.